The van der Waals surface area contributed by atoms with Gasteiger partial charge in [-0.05, 0) is 45.4 Å². The van der Waals surface area contributed by atoms with E-state index in [1.807, 2.05) is 0 Å². The van der Waals surface area contributed by atoms with Gasteiger partial charge in [-0.2, -0.15) is 0 Å². The van der Waals surface area contributed by atoms with Gasteiger partial charge >= 0.3 is 0 Å². The Balaban J connectivity index is 3.12. The number of hydrogen-bond acceptors (Lipinski definition) is 0. The van der Waals surface area contributed by atoms with Crippen molar-refractivity contribution in [2.24, 2.45) is 0 Å². The molecule has 0 aromatic heterocycles. The van der Waals surface area contributed by atoms with Gasteiger partial charge in [-0.25, -0.2) is 0 Å². The fraction of sp³-hybridized carbons (Fsp3) is 0.800. The van der Waals surface area contributed by atoms with Crippen LogP contribution < -0.4 is 0 Å². The molecule has 0 aliphatic rings. The third-order valence-corrected chi connectivity index (χ3v) is 2.96. The minimum absolute atomic E-state index is 1.20. The third kappa shape index (κ3) is 8.38. The fourth-order valence-electron chi connectivity index (χ4n) is 0.974. The Morgan fingerprint density at radius 2 is 1.91 bits per heavy atom. The van der Waals surface area contributed by atoms with E-state index in [4.69, 9.17) is 0 Å². The molecule has 1 heteroatoms. The second-order valence-electron chi connectivity index (χ2n) is 2.85. The van der Waals surface area contributed by atoms with Gasteiger partial charge in [-0.15, -0.1) is 0 Å². The Labute approximate surface area is 84.6 Å². The normalized spacial score (nSPS) is 12.1. The van der Waals surface area contributed by atoms with Crippen LogP contribution in [0.2, 0.25) is 0 Å². The monoisotopic (exact) mass is 266 g/mol. The van der Waals surface area contributed by atoms with Crippen LogP contribution in [0.4, 0.5) is 0 Å². The van der Waals surface area contributed by atoms with Gasteiger partial charge in [-0.3, -0.25) is 0 Å². The summed E-state index contributed by atoms with van der Waals surface area (Å²) in [6, 6.07) is 0. The first-order valence-corrected chi connectivity index (χ1v) is 5.73. The first kappa shape index (κ1) is 11.5. The largest absolute Gasteiger partial charge is 0.0752 e. The first-order chi connectivity index (χ1) is 5.31. The Kier molecular flexibility index (Phi) is 8.93. The van der Waals surface area contributed by atoms with Crippen LogP contribution in [0.3, 0.4) is 0 Å². The van der Waals surface area contributed by atoms with E-state index >= 15 is 0 Å². The van der Waals surface area contributed by atoms with Gasteiger partial charge in [0, 0.05) is 0 Å². The molecule has 0 N–H and O–H groups in total. The molecular formula is C10H19I. The molecule has 0 bridgehead atoms. The Morgan fingerprint density at radius 1 is 1.18 bits per heavy atom. The lowest BCUT2D eigenvalue weighted by Crippen LogP contribution is -1.74. The molecule has 0 fully saturated rings. The molecule has 0 heterocycles. The molecule has 0 saturated carbocycles. The number of halogens is 1. The fourth-order valence-corrected chi connectivity index (χ4v) is 1.29. The van der Waals surface area contributed by atoms with Crippen LogP contribution in [-0.2, 0) is 0 Å². The first-order valence-electron chi connectivity index (χ1n) is 4.65. The zero-order valence-corrected chi connectivity index (χ0v) is 9.86. The minimum atomic E-state index is 1.20. The van der Waals surface area contributed by atoms with Crippen molar-refractivity contribution in [2.45, 2.75) is 52.4 Å². The molecule has 0 spiro atoms. The predicted octanol–water partition coefficient (Wildman–Crippen LogP) is 4.69. The van der Waals surface area contributed by atoms with E-state index in [2.05, 4.69) is 42.5 Å². The molecule has 0 nitrogen and oxygen atoms in total. The van der Waals surface area contributed by atoms with Gasteiger partial charge in [0.25, 0.3) is 0 Å². The van der Waals surface area contributed by atoms with Gasteiger partial charge in [0.05, 0.1) is 0 Å². The number of rotatable bonds is 6. The van der Waals surface area contributed by atoms with Gasteiger partial charge < -0.3 is 0 Å². The lowest BCUT2D eigenvalue weighted by atomic mass is 10.1. The van der Waals surface area contributed by atoms with E-state index in [-0.39, 0.29) is 0 Å². The second kappa shape index (κ2) is 8.57. The molecule has 0 atom stereocenters. The SMILES string of the molecule is CCCCCC/C=C(\I)CC. The van der Waals surface area contributed by atoms with Crippen LogP contribution in [0.5, 0.6) is 0 Å². The molecule has 0 aromatic rings. The molecule has 0 saturated heterocycles. The van der Waals surface area contributed by atoms with Crippen molar-refractivity contribution in [3.63, 3.8) is 0 Å². The zero-order valence-electron chi connectivity index (χ0n) is 7.70. The van der Waals surface area contributed by atoms with E-state index in [1.54, 1.807) is 0 Å². The number of hydrogen-bond donors (Lipinski definition) is 0. The predicted molar refractivity (Wildman–Crippen MR) is 61.2 cm³/mol. The van der Waals surface area contributed by atoms with Crippen molar-refractivity contribution >= 4 is 22.6 Å². The van der Waals surface area contributed by atoms with E-state index in [9.17, 15) is 0 Å². The van der Waals surface area contributed by atoms with E-state index in [0.717, 1.165) is 0 Å². The van der Waals surface area contributed by atoms with Crippen molar-refractivity contribution in [3.05, 3.63) is 9.66 Å². The lowest BCUT2D eigenvalue weighted by molar-refractivity contribution is 0.674. The van der Waals surface area contributed by atoms with E-state index in [1.165, 1.54) is 42.1 Å². The maximum Gasteiger partial charge on any atom is -0.0137 e. The van der Waals surface area contributed by atoms with E-state index < -0.39 is 0 Å². The summed E-state index contributed by atoms with van der Waals surface area (Å²) in [5.74, 6) is 0. The molecule has 0 aliphatic carbocycles. The summed E-state index contributed by atoms with van der Waals surface area (Å²) < 4.78 is 1.51. The Morgan fingerprint density at radius 3 is 2.45 bits per heavy atom. The highest BCUT2D eigenvalue weighted by Crippen LogP contribution is 2.13. The van der Waals surface area contributed by atoms with Crippen LogP contribution in [0.1, 0.15) is 52.4 Å². The maximum atomic E-state index is 2.43. The third-order valence-electron chi connectivity index (χ3n) is 1.76. The second-order valence-corrected chi connectivity index (χ2v) is 4.24. The Hall–Kier alpha value is 0.470. The summed E-state index contributed by atoms with van der Waals surface area (Å²) in [6.45, 7) is 4.47. The quantitative estimate of drug-likeness (QED) is 0.483. The Bertz CT molecular complexity index is 105. The van der Waals surface area contributed by atoms with Crippen LogP contribution in [0.15, 0.2) is 9.66 Å². The van der Waals surface area contributed by atoms with Crippen LogP contribution in [0.25, 0.3) is 0 Å². The summed E-state index contributed by atoms with van der Waals surface area (Å²) in [5, 5.41) is 0. The molecule has 0 aliphatic heterocycles. The van der Waals surface area contributed by atoms with Crippen LogP contribution in [0, 0.1) is 0 Å². The van der Waals surface area contributed by atoms with Crippen LogP contribution >= 0.6 is 22.6 Å². The number of allylic oxidation sites excluding steroid dienone is 2. The van der Waals surface area contributed by atoms with Crippen molar-refractivity contribution in [1.29, 1.82) is 0 Å². The van der Waals surface area contributed by atoms with Gasteiger partial charge in [0.2, 0.25) is 0 Å². The average Bonchev–Trinajstić information content (AvgIpc) is 2.04. The lowest BCUT2D eigenvalue weighted by Gasteiger charge is -1.95. The van der Waals surface area contributed by atoms with Crippen molar-refractivity contribution in [2.75, 3.05) is 0 Å². The maximum absolute atomic E-state index is 2.43. The summed E-state index contributed by atoms with van der Waals surface area (Å²) in [6.07, 6.45) is 10.4. The van der Waals surface area contributed by atoms with Crippen molar-refractivity contribution < 1.29 is 0 Å². The van der Waals surface area contributed by atoms with Gasteiger partial charge in [-0.1, -0.05) is 39.2 Å². The topological polar surface area (TPSA) is 0 Å². The highest BCUT2D eigenvalue weighted by atomic mass is 127. The highest BCUT2D eigenvalue weighted by molar-refractivity contribution is 14.1. The number of unbranched alkanes of at least 4 members (excludes halogenated alkanes) is 4. The smallest absolute Gasteiger partial charge is 0.0137 e. The summed E-state index contributed by atoms with van der Waals surface area (Å²) in [7, 11) is 0. The zero-order chi connectivity index (χ0) is 8.53. The molecule has 0 radical (unpaired) electrons. The molecule has 66 valence electrons. The van der Waals surface area contributed by atoms with Gasteiger partial charge in [0.1, 0.15) is 0 Å². The average molecular weight is 266 g/mol. The molecule has 0 amide bonds. The molecule has 11 heavy (non-hydrogen) atoms. The summed E-state index contributed by atoms with van der Waals surface area (Å²) in [4.78, 5) is 0. The standard InChI is InChI=1S/C10H19I/c1-3-5-6-7-8-9-10(11)4-2/h9H,3-8H2,1-2H3/b10-9-. The molecular weight excluding hydrogens is 247 g/mol. The van der Waals surface area contributed by atoms with Crippen molar-refractivity contribution in [1.82, 2.24) is 0 Å². The van der Waals surface area contributed by atoms with Crippen LogP contribution in [-0.4, -0.2) is 0 Å². The molecule has 0 aromatic carbocycles. The summed E-state index contributed by atoms with van der Waals surface area (Å²) >= 11 is 2.43. The van der Waals surface area contributed by atoms with Crippen molar-refractivity contribution in [3.8, 4) is 0 Å². The molecule has 0 unspecified atom stereocenters. The van der Waals surface area contributed by atoms with Gasteiger partial charge in [0.15, 0.2) is 0 Å². The highest BCUT2D eigenvalue weighted by Gasteiger charge is 1.87. The minimum Gasteiger partial charge on any atom is -0.0752 e. The molecule has 0 rings (SSSR count). The van der Waals surface area contributed by atoms with E-state index in [0.29, 0.717) is 0 Å². The summed E-state index contributed by atoms with van der Waals surface area (Å²) in [5.41, 5.74) is 0.